The third kappa shape index (κ3) is 3.77. The second-order valence-corrected chi connectivity index (χ2v) is 5.61. The average Bonchev–Trinajstić information content (AvgIpc) is 2.65. The molecule has 1 N–H and O–H groups in total. The molecule has 2 aromatic heterocycles. The Morgan fingerprint density at radius 3 is 1.92 bits per heavy atom. The molecular formula is C20H18N4O. The monoisotopic (exact) mass is 330 g/mol. The minimum absolute atomic E-state index is 0.278. The van der Waals surface area contributed by atoms with E-state index in [0.29, 0.717) is 22.7 Å². The number of pyridine rings is 2. The largest absolute Gasteiger partial charge is 0.271 e. The van der Waals surface area contributed by atoms with Gasteiger partial charge in [-0.2, -0.15) is 5.10 Å². The maximum absolute atomic E-state index is 12.3. The third-order valence-electron chi connectivity index (χ3n) is 3.77. The maximum atomic E-state index is 12.3. The standard InChI is InChI=1S/C20H18N4O/c1-14-8-6-12-21-17(14)19(18-15(2)9-7-13-22-18)23-24-20(25)16-10-4-3-5-11-16/h3-13H,1-2H3,(H,24,25). The van der Waals surface area contributed by atoms with Crippen molar-refractivity contribution in [1.29, 1.82) is 0 Å². The Morgan fingerprint density at radius 2 is 1.40 bits per heavy atom. The number of nitrogens with zero attached hydrogens (tertiary/aromatic N) is 3. The van der Waals surface area contributed by atoms with E-state index in [2.05, 4.69) is 20.5 Å². The summed E-state index contributed by atoms with van der Waals surface area (Å²) in [5, 5.41) is 4.35. The highest BCUT2D eigenvalue weighted by atomic mass is 16.2. The Hall–Kier alpha value is -3.34. The molecule has 3 aromatic rings. The maximum Gasteiger partial charge on any atom is 0.271 e. The summed E-state index contributed by atoms with van der Waals surface area (Å²) >= 11 is 0. The molecule has 0 aliphatic carbocycles. The number of benzene rings is 1. The molecule has 25 heavy (non-hydrogen) atoms. The van der Waals surface area contributed by atoms with E-state index in [1.54, 1.807) is 24.5 Å². The SMILES string of the molecule is Cc1cccnc1C(=NNC(=O)c1ccccc1)c1ncccc1C. The number of hydrazone groups is 1. The molecule has 0 saturated heterocycles. The molecule has 124 valence electrons. The van der Waals surface area contributed by atoms with E-state index >= 15 is 0 Å². The highest BCUT2D eigenvalue weighted by molar-refractivity contribution is 6.12. The molecule has 0 aliphatic rings. The molecule has 0 spiro atoms. The molecule has 5 nitrogen and oxygen atoms in total. The first kappa shape index (κ1) is 16.5. The van der Waals surface area contributed by atoms with Gasteiger partial charge in [0.25, 0.3) is 5.91 Å². The van der Waals surface area contributed by atoms with Gasteiger partial charge in [0.2, 0.25) is 0 Å². The third-order valence-corrected chi connectivity index (χ3v) is 3.77. The second-order valence-electron chi connectivity index (χ2n) is 5.61. The minimum atomic E-state index is -0.278. The number of carbonyl (C=O) groups excluding carboxylic acids is 1. The van der Waals surface area contributed by atoms with Crippen molar-refractivity contribution >= 4 is 11.6 Å². The molecule has 1 amide bonds. The number of aromatic nitrogens is 2. The Labute approximate surface area is 146 Å². The van der Waals surface area contributed by atoms with Gasteiger partial charge in [-0.15, -0.1) is 0 Å². The number of aryl methyl sites for hydroxylation is 2. The number of amides is 1. The lowest BCUT2D eigenvalue weighted by molar-refractivity contribution is 0.0955. The van der Waals surface area contributed by atoms with Crippen LogP contribution in [0.5, 0.6) is 0 Å². The lowest BCUT2D eigenvalue weighted by atomic mass is 10.0. The second kappa shape index (κ2) is 7.49. The van der Waals surface area contributed by atoms with Crippen LogP contribution in [0.3, 0.4) is 0 Å². The van der Waals surface area contributed by atoms with Crippen molar-refractivity contribution in [3.8, 4) is 0 Å². The van der Waals surface area contributed by atoms with E-state index in [0.717, 1.165) is 11.1 Å². The number of carbonyl (C=O) groups is 1. The van der Waals surface area contributed by atoms with Crippen LogP contribution >= 0.6 is 0 Å². The van der Waals surface area contributed by atoms with E-state index < -0.39 is 0 Å². The predicted molar refractivity (Wildman–Crippen MR) is 97.5 cm³/mol. The van der Waals surface area contributed by atoms with E-state index in [1.165, 1.54) is 0 Å². The number of nitrogens with one attached hydrogen (secondary N) is 1. The lowest BCUT2D eigenvalue weighted by Gasteiger charge is -2.10. The van der Waals surface area contributed by atoms with Crippen molar-refractivity contribution in [2.24, 2.45) is 5.10 Å². The van der Waals surface area contributed by atoms with Crippen molar-refractivity contribution < 1.29 is 4.79 Å². The number of hydrogen-bond acceptors (Lipinski definition) is 4. The Morgan fingerprint density at radius 1 is 0.840 bits per heavy atom. The van der Waals surface area contributed by atoms with Crippen LogP contribution in [0.15, 0.2) is 72.1 Å². The van der Waals surface area contributed by atoms with Gasteiger partial charge in [-0.05, 0) is 49.2 Å². The molecule has 5 heteroatoms. The first-order valence-corrected chi connectivity index (χ1v) is 7.94. The first-order valence-electron chi connectivity index (χ1n) is 7.94. The summed E-state index contributed by atoms with van der Waals surface area (Å²) < 4.78 is 0. The number of rotatable bonds is 4. The van der Waals surface area contributed by atoms with Crippen LogP contribution in [0.25, 0.3) is 0 Å². The molecule has 0 bridgehead atoms. The molecule has 0 unspecified atom stereocenters. The van der Waals surface area contributed by atoms with Crippen molar-refractivity contribution in [1.82, 2.24) is 15.4 Å². The van der Waals surface area contributed by atoms with Crippen molar-refractivity contribution in [3.63, 3.8) is 0 Å². The molecular weight excluding hydrogens is 312 g/mol. The van der Waals surface area contributed by atoms with Gasteiger partial charge in [0.1, 0.15) is 5.71 Å². The highest BCUT2D eigenvalue weighted by Crippen LogP contribution is 2.14. The van der Waals surface area contributed by atoms with Gasteiger partial charge in [0.15, 0.2) is 0 Å². The summed E-state index contributed by atoms with van der Waals surface area (Å²) in [4.78, 5) is 21.2. The van der Waals surface area contributed by atoms with Crippen LogP contribution in [-0.2, 0) is 0 Å². The van der Waals surface area contributed by atoms with Crippen molar-refractivity contribution in [2.45, 2.75) is 13.8 Å². The van der Waals surface area contributed by atoms with E-state index in [1.807, 2.05) is 56.3 Å². The summed E-state index contributed by atoms with van der Waals surface area (Å²) in [5.41, 5.74) is 7.01. The Bertz CT molecular complexity index is 872. The summed E-state index contributed by atoms with van der Waals surface area (Å²) in [6.45, 7) is 3.91. The predicted octanol–water partition coefficient (Wildman–Crippen LogP) is 3.28. The fourth-order valence-corrected chi connectivity index (χ4v) is 2.45. The van der Waals surface area contributed by atoms with Crippen LogP contribution in [0, 0.1) is 13.8 Å². The van der Waals surface area contributed by atoms with Crippen LogP contribution in [-0.4, -0.2) is 21.6 Å². The summed E-state index contributed by atoms with van der Waals surface area (Å²) in [5.74, 6) is -0.278. The van der Waals surface area contributed by atoms with Crippen LogP contribution in [0.1, 0.15) is 32.9 Å². The van der Waals surface area contributed by atoms with Crippen LogP contribution in [0.4, 0.5) is 0 Å². The van der Waals surface area contributed by atoms with Crippen molar-refractivity contribution in [3.05, 3.63) is 95.1 Å². The van der Waals surface area contributed by atoms with Gasteiger partial charge in [-0.25, -0.2) is 5.43 Å². The highest BCUT2D eigenvalue weighted by Gasteiger charge is 2.15. The summed E-state index contributed by atoms with van der Waals surface area (Å²) in [7, 11) is 0. The van der Waals surface area contributed by atoms with E-state index in [9.17, 15) is 4.79 Å². The van der Waals surface area contributed by atoms with Gasteiger partial charge in [0, 0.05) is 18.0 Å². The summed E-state index contributed by atoms with van der Waals surface area (Å²) in [6, 6.07) is 16.6. The smallest absolute Gasteiger partial charge is 0.267 e. The fourth-order valence-electron chi connectivity index (χ4n) is 2.45. The van der Waals surface area contributed by atoms with Gasteiger partial charge >= 0.3 is 0 Å². The molecule has 0 atom stereocenters. The zero-order valence-corrected chi connectivity index (χ0v) is 14.1. The van der Waals surface area contributed by atoms with E-state index in [-0.39, 0.29) is 5.91 Å². The van der Waals surface area contributed by atoms with Gasteiger partial charge in [-0.3, -0.25) is 14.8 Å². The fraction of sp³-hybridized carbons (Fsp3) is 0.100. The summed E-state index contributed by atoms with van der Waals surface area (Å²) in [6.07, 6.45) is 3.41. The zero-order chi connectivity index (χ0) is 17.6. The van der Waals surface area contributed by atoms with E-state index in [4.69, 9.17) is 0 Å². The van der Waals surface area contributed by atoms with Crippen molar-refractivity contribution in [2.75, 3.05) is 0 Å². The quantitative estimate of drug-likeness (QED) is 0.590. The molecule has 3 rings (SSSR count). The Balaban J connectivity index is 2.01. The minimum Gasteiger partial charge on any atom is -0.267 e. The Kier molecular flexibility index (Phi) is 4.95. The molecule has 0 fully saturated rings. The average molecular weight is 330 g/mol. The molecule has 0 aliphatic heterocycles. The number of hydrogen-bond donors (Lipinski definition) is 1. The topological polar surface area (TPSA) is 67.2 Å². The lowest BCUT2D eigenvalue weighted by Crippen LogP contribution is -2.22. The van der Waals surface area contributed by atoms with Crippen LogP contribution < -0.4 is 5.43 Å². The molecule has 2 heterocycles. The van der Waals surface area contributed by atoms with Gasteiger partial charge in [0.05, 0.1) is 11.4 Å². The molecule has 0 radical (unpaired) electrons. The zero-order valence-electron chi connectivity index (χ0n) is 14.1. The normalized spacial score (nSPS) is 10.2. The van der Waals surface area contributed by atoms with Gasteiger partial charge in [-0.1, -0.05) is 30.3 Å². The van der Waals surface area contributed by atoms with Gasteiger partial charge < -0.3 is 0 Å². The molecule has 1 aromatic carbocycles. The van der Waals surface area contributed by atoms with Crippen LogP contribution in [0.2, 0.25) is 0 Å². The first-order chi connectivity index (χ1) is 12.2. The molecule has 0 saturated carbocycles.